The Morgan fingerprint density at radius 2 is 1.60 bits per heavy atom. The van der Waals surface area contributed by atoms with Crippen molar-refractivity contribution >= 4 is 6.09 Å². The third-order valence-electron chi connectivity index (χ3n) is 3.76. The number of hydrogen-bond donors (Lipinski definition) is 1. The normalized spacial score (nSPS) is 15.4. The van der Waals surface area contributed by atoms with Crippen molar-refractivity contribution in [3.63, 3.8) is 0 Å². The smallest absolute Gasteiger partial charge is 0.410 e. The number of carbonyl (C=O) groups excluding carboxylic acids is 1. The molecule has 0 aliphatic heterocycles. The van der Waals surface area contributed by atoms with Crippen LogP contribution < -0.4 is 10.1 Å². The van der Waals surface area contributed by atoms with Crippen molar-refractivity contribution in [2.75, 3.05) is 6.54 Å². The van der Waals surface area contributed by atoms with Crippen molar-refractivity contribution in [2.24, 2.45) is 0 Å². The molecule has 0 heterocycles. The van der Waals surface area contributed by atoms with Gasteiger partial charge in [-0.05, 0) is 30.5 Å². The highest BCUT2D eigenvalue weighted by atomic mass is 16.6. The first kappa shape index (κ1) is 12.7. The van der Waals surface area contributed by atoms with Gasteiger partial charge in [-0.3, -0.25) is 0 Å². The van der Waals surface area contributed by atoms with Crippen LogP contribution in [-0.2, 0) is 5.41 Å². The van der Waals surface area contributed by atoms with Gasteiger partial charge in [0.05, 0.1) is 0 Å². The Labute approximate surface area is 118 Å². The SMILES string of the molecule is O=C(NCC1(c2ccccc2)CC1)Oc1ccccc1. The second-order valence-electron chi connectivity index (χ2n) is 5.20. The van der Waals surface area contributed by atoms with E-state index in [2.05, 4.69) is 17.4 Å². The highest BCUT2D eigenvalue weighted by Gasteiger charge is 2.44. The lowest BCUT2D eigenvalue weighted by Gasteiger charge is -2.16. The first-order valence-electron chi connectivity index (χ1n) is 6.85. The molecule has 0 radical (unpaired) electrons. The number of carbonyl (C=O) groups is 1. The second kappa shape index (κ2) is 5.37. The molecule has 2 aromatic rings. The summed E-state index contributed by atoms with van der Waals surface area (Å²) in [6.45, 7) is 0.628. The van der Waals surface area contributed by atoms with Crippen LogP contribution in [0.5, 0.6) is 5.75 Å². The summed E-state index contributed by atoms with van der Waals surface area (Å²) in [6, 6.07) is 19.4. The molecule has 1 amide bonds. The zero-order valence-electron chi connectivity index (χ0n) is 11.2. The molecule has 1 aliphatic carbocycles. The van der Waals surface area contributed by atoms with Crippen LogP contribution in [0, 0.1) is 0 Å². The molecule has 0 spiro atoms. The number of nitrogens with one attached hydrogen (secondary N) is 1. The summed E-state index contributed by atoms with van der Waals surface area (Å²) < 4.78 is 5.22. The number of benzene rings is 2. The van der Waals surface area contributed by atoms with Gasteiger partial charge >= 0.3 is 6.09 Å². The van der Waals surface area contributed by atoms with E-state index >= 15 is 0 Å². The van der Waals surface area contributed by atoms with Gasteiger partial charge in [-0.15, -0.1) is 0 Å². The molecule has 2 aromatic carbocycles. The molecular formula is C17H17NO2. The van der Waals surface area contributed by atoms with E-state index < -0.39 is 6.09 Å². The number of amides is 1. The van der Waals surface area contributed by atoms with Gasteiger partial charge in [-0.2, -0.15) is 0 Å². The topological polar surface area (TPSA) is 38.3 Å². The number of para-hydroxylation sites is 1. The number of rotatable bonds is 4. The fraction of sp³-hybridized carbons (Fsp3) is 0.235. The van der Waals surface area contributed by atoms with Crippen LogP contribution in [0.3, 0.4) is 0 Å². The van der Waals surface area contributed by atoms with Gasteiger partial charge < -0.3 is 10.1 Å². The molecule has 3 heteroatoms. The average molecular weight is 267 g/mol. The Balaban J connectivity index is 1.56. The van der Waals surface area contributed by atoms with Crippen LogP contribution in [0.25, 0.3) is 0 Å². The largest absolute Gasteiger partial charge is 0.412 e. The van der Waals surface area contributed by atoms with E-state index in [1.54, 1.807) is 12.1 Å². The molecular weight excluding hydrogens is 250 g/mol. The minimum atomic E-state index is -0.390. The molecule has 1 aliphatic rings. The highest BCUT2D eigenvalue weighted by Crippen LogP contribution is 2.47. The van der Waals surface area contributed by atoms with Crippen LogP contribution in [0.4, 0.5) is 4.79 Å². The fourth-order valence-corrected chi connectivity index (χ4v) is 2.38. The Bertz CT molecular complexity index is 576. The molecule has 20 heavy (non-hydrogen) atoms. The lowest BCUT2D eigenvalue weighted by molar-refractivity contribution is 0.199. The highest BCUT2D eigenvalue weighted by molar-refractivity contribution is 5.70. The van der Waals surface area contributed by atoms with E-state index in [1.807, 2.05) is 36.4 Å². The van der Waals surface area contributed by atoms with E-state index in [0.717, 1.165) is 12.8 Å². The monoisotopic (exact) mass is 267 g/mol. The quantitative estimate of drug-likeness (QED) is 0.920. The molecule has 1 N–H and O–H groups in total. The van der Waals surface area contributed by atoms with E-state index in [0.29, 0.717) is 12.3 Å². The maximum absolute atomic E-state index is 11.8. The van der Waals surface area contributed by atoms with Gasteiger partial charge in [-0.1, -0.05) is 48.5 Å². The minimum Gasteiger partial charge on any atom is -0.410 e. The van der Waals surface area contributed by atoms with Gasteiger partial charge in [0.15, 0.2) is 0 Å². The molecule has 3 rings (SSSR count). The summed E-state index contributed by atoms with van der Waals surface area (Å²) in [7, 11) is 0. The van der Waals surface area contributed by atoms with Crippen molar-refractivity contribution in [1.82, 2.24) is 5.32 Å². The lowest BCUT2D eigenvalue weighted by Crippen LogP contribution is -2.34. The molecule has 3 nitrogen and oxygen atoms in total. The molecule has 0 aromatic heterocycles. The summed E-state index contributed by atoms with van der Waals surface area (Å²) >= 11 is 0. The van der Waals surface area contributed by atoms with Crippen molar-refractivity contribution in [2.45, 2.75) is 18.3 Å². The van der Waals surface area contributed by atoms with Crippen LogP contribution >= 0.6 is 0 Å². The summed E-state index contributed by atoms with van der Waals surface area (Å²) in [5.41, 5.74) is 1.40. The molecule has 1 saturated carbocycles. The molecule has 0 atom stereocenters. The standard InChI is InChI=1S/C17H17NO2/c19-16(20-15-9-5-2-6-10-15)18-13-17(11-12-17)14-7-3-1-4-8-14/h1-10H,11-13H2,(H,18,19). The molecule has 0 unspecified atom stereocenters. The van der Waals surface area contributed by atoms with E-state index in [9.17, 15) is 4.79 Å². The Kier molecular flexibility index (Phi) is 3.42. The van der Waals surface area contributed by atoms with E-state index in [-0.39, 0.29) is 5.41 Å². The third-order valence-corrected chi connectivity index (χ3v) is 3.76. The van der Waals surface area contributed by atoms with Gasteiger partial charge in [-0.25, -0.2) is 4.79 Å². The molecule has 1 fully saturated rings. The maximum Gasteiger partial charge on any atom is 0.412 e. The van der Waals surface area contributed by atoms with Crippen molar-refractivity contribution < 1.29 is 9.53 Å². The van der Waals surface area contributed by atoms with Crippen molar-refractivity contribution in [3.05, 3.63) is 66.2 Å². The van der Waals surface area contributed by atoms with Gasteiger partial charge in [0.1, 0.15) is 5.75 Å². The number of ether oxygens (including phenoxy) is 1. The first-order valence-corrected chi connectivity index (χ1v) is 6.85. The lowest BCUT2D eigenvalue weighted by atomic mass is 9.96. The summed E-state index contributed by atoms with van der Waals surface area (Å²) in [6.07, 6.45) is 1.84. The summed E-state index contributed by atoms with van der Waals surface area (Å²) in [5, 5.41) is 2.87. The van der Waals surface area contributed by atoms with Crippen LogP contribution in [0.2, 0.25) is 0 Å². The van der Waals surface area contributed by atoms with Crippen molar-refractivity contribution in [1.29, 1.82) is 0 Å². The Morgan fingerprint density at radius 1 is 1.00 bits per heavy atom. The molecule has 0 saturated heterocycles. The zero-order chi connectivity index (χ0) is 13.8. The van der Waals surface area contributed by atoms with E-state index in [4.69, 9.17) is 4.74 Å². The van der Waals surface area contributed by atoms with Crippen LogP contribution in [-0.4, -0.2) is 12.6 Å². The van der Waals surface area contributed by atoms with Gasteiger partial charge in [0.25, 0.3) is 0 Å². The molecule has 0 bridgehead atoms. The predicted molar refractivity (Wildman–Crippen MR) is 77.8 cm³/mol. The van der Waals surface area contributed by atoms with Crippen LogP contribution in [0.15, 0.2) is 60.7 Å². The maximum atomic E-state index is 11.8. The second-order valence-corrected chi connectivity index (χ2v) is 5.20. The van der Waals surface area contributed by atoms with Gasteiger partial charge in [0.2, 0.25) is 0 Å². The Hall–Kier alpha value is -2.29. The minimum absolute atomic E-state index is 0.108. The first-order chi connectivity index (χ1) is 9.78. The predicted octanol–water partition coefficient (Wildman–Crippen LogP) is 3.51. The van der Waals surface area contributed by atoms with Gasteiger partial charge in [0, 0.05) is 12.0 Å². The van der Waals surface area contributed by atoms with E-state index in [1.165, 1.54) is 5.56 Å². The van der Waals surface area contributed by atoms with Crippen LogP contribution in [0.1, 0.15) is 18.4 Å². The number of hydrogen-bond acceptors (Lipinski definition) is 2. The fourth-order valence-electron chi connectivity index (χ4n) is 2.38. The summed E-state index contributed by atoms with van der Waals surface area (Å²) in [4.78, 5) is 11.8. The molecule has 102 valence electrons. The third kappa shape index (κ3) is 2.82. The average Bonchev–Trinajstić information content (AvgIpc) is 3.28. The summed E-state index contributed by atoms with van der Waals surface area (Å²) in [5.74, 6) is 0.564. The Morgan fingerprint density at radius 3 is 2.20 bits per heavy atom. The zero-order valence-corrected chi connectivity index (χ0v) is 11.2. The van der Waals surface area contributed by atoms with Crippen molar-refractivity contribution in [3.8, 4) is 5.75 Å².